The van der Waals surface area contributed by atoms with Crippen LogP contribution in [0.5, 0.6) is 0 Å². The second kappa shape index (κ2) is 3.53. The highest BCUT2D eigenvalue weighted by Gasteiger charge is 2.17. The molecule has 0 saturated heterocycles. The van der Waals surface area contributed by atoms with Crippen LogP contribution in [0.4, 0.5) is 0 Å². The SMILES string of the molecule is CCCC1=[S-]2=C(C2)C(CC)C(C)=C1. The average molecular weight is 195 g/mol. The molecule has 0 amide bonds. The Hall–Kier alpha value is -0.170. The van der Waals surface area contributed by atoms with Crippen LogP contribution in [0, 0.1) is 5.92 Å². The monoisotopic (exact) mass is 195 g/mol. The highest BCUT2D eigenvalue weighted by Crippen LogP contribution is 2.28. The van der Waals surface area contributed by atoms with E-state index in [4.69, 9.17) is 0 Å². The Bertz CT molecular complexity index is 338. The van der Waals surface area contributed by atoms with Crippen molar-refractivity contribution in [3.05, 3.63) is 11.6 Å². The van der Waals surface area contributed by atoms with Crippen LogP contribution in [-0.2, 0) is 10.1 Å². The van der Waals surface area contributed by atoms with Crippen molar-refractivity contribution in [3.8, 4) is 0 Å². The molecule has 0 aliphatic carbocycles. The van der Waals surface area contributed by atoms with Gasteiger partial charge in [0.05, 0.1) is 0 Å². The summed E-state index contributed by atoms with van der Waals surface area (Å²) < 4.78 is 0. The fraction of sp³-hybridized carbons (Fsp3) is 0.667. The smallest absolute Gasteiger partial charge is 0.0248 e. The van der Waals surface area contributed by atoms with Crippen molar-refractivity contribution in [3.63, 3.8) is 0 Å². The van der Waals surface area contributed by atoms with E-state index in [1.165, 1.54) is 25.0 Å². The summed E-state index contributed by atoms with van der Waals surface area (Å²) in [5, 5.41) is 0. The van der Waals surface area contributed by atoms with Crippen molar-refractivity contribution >= 4 is 19.8 Å². The van der Waals surface area contributed by atoms with Crippen molar-refractivity contribution in [2.24, 2.45) is 5.92 Å². The van der Waals surface area contributed by atoms with Crippen LogP contribution in [0.1, 0.15) is 40.0 Å². The third-order valence-electron chi connectivity index (χ3n) is 3.06. The minimum absolute atomic E-state index is 0.645. The lowest BCUT2D eigenvalue weighted by molar-refractivity contribution is 0.778. The topological polar surface area (TPSA) is 0 Å². The van der Waals surface area contributed by atoms with E-state index in [9.17, 15) is 0 Å². The molecule has 2 heterocycles. The van der Waals surface area contributed by atoms with Crippen molar-refractivity contribution in [1.29, 1.82) is 0 Å². The van der Waals surface area contributed by atoms with E-state index in [1.807, 2.05) is 4.86 Å². The lowest BCUT2D eigenvalue weighted by Crippen LogP contribution is -2.11. The van der Waals surface area contributed by atoms with Gasteiger partial charge in [-0.2, -0.15) is 4.86 Å². The van der Waals surface area contributed by atoms with Crippen molar-refractivity contribution in [2.45, 2.75) is 40.0 Å². The van der Waals surface area contributed by atoms with Gasteiger partial charge in [0.25, 0.3) is 0 Å². The molecule has 0 aromatic carbocycles. The molecule has 1 atom stereocenters. The molecule has 0 saturated carbocycles. The van der Waals surface area contributed by atoms with Gasteiger partial charge in [-0.1, -0.05) is 38.3 Å². The predicted octanol–water partition coefficient (Wildman–Crippen LogP) is 2.75. The van der Waals surface area contributed by atoms with Gasteiger partial charge in [-0.05, 0) is 19.3 Å². The summed E-state index contributed by atoms with van der Waals surface area (Å²) in [7, 11) is 0.645. The van der Waals surface area contributed by atoms with Crippen LogP contribution in [0.15, 0.2) is 11.6 Å². The Morgan fingerprint density at radius 3 is 2.85 bits per heavy atom. The zero-order valence-electron chi connectivity index (χ0n) is 8.89. The molecule has 0 bridgehead atoms. The maximum atomic E-state index is 2.50. The lowest BCUT2D eigenvalue weighted by Gasteiger charge is -2.21. The van der Waals surface area contributed by atoms with Gasteiger partial charge in [-0.25, -0.2) is 4.86 Å². The normalized spacial score (nSPS) is 27.3. The van der Waals surface area contributed by atoms with Crippen LogP contribution < -0.4 is 0 Å². The Morgan fingerprint density at radius 1 is 1.46 bits per heavy atom. The van der Waals surface area contributed by atoms with Crippen molar-refractivity contribution < 1.29 is 0 Å². The van der Waals surface area contributed by atoms with Crippen molar-refractivity contribution in [2.75, 3.05) is 5.75 Å². The molecule has 0 nitrogen and oxygen atoms in total. The maximum Gasteiger partial charge on any atom is -0.0248 e. The molecule has 0 fully saturated rings. The first-order valence-corrected chi connectivity index (χ1v) is 6.78. The number of rotatable bonds is 3. The molecule has 2 aliphatic rings. The number of hydrogen-bond acceptors (Lipinski definition) is 1. The Balaban J connectivity index is 2.30. The van der Waals surface area contributed by atoms with E-state index in [1.54, 1.807) is 10.4 Å². The van der Waals surface area contributed by atoms with Gasteiger partial charge < -0.3 is 10.1 Å². The molecule has 2 rings (SSSR count). The number of hydrogen-bond donors (Lipinski definition) is 0. The first-order valence-electron chi connectivity index (χ1n) is 5.38. The van der Waals surface area contributed by atoms with Gasteiger partial charge in [-0.3, -0.25) is 0 Å². The molecule has 13 heavy (non-hydrogen) atoms. The molecule has 0 spiro atoms. The van der Waals surface area contributed by atoms with Crippen LogP contribution >= 0.6 is 0 Å². The van der Waals surface area contributed by atoms with Crippen LogP contribution in [0.3, 0.4) is 0 Å². The van der Waals surface area contributed by atoms with E-state index in [0.29, 0.717) is 10.1 Å². The molecule has 0 N–H and O–H groups in total. The van der Waals surface area contributed by atoms with Crippen molar-refractivity contribution in [1.82, 2.24) is 0 Å². The van der Waals surface area contributed by atoms with Crippen LogP contribution in [0.2, 0.25) is 0 Å². The summed E-state index contributed by atoms with van der Waals surface area (Å²) in [5.74, 6) is 2.28. The quantitative estimate of drug-likeness (QED) is 0.480. The zero-order chi connectivity index (χ0) is 9.42. The van der Waals surface area contributed by atoms with Gasteiger partial charge in [0.2, 0.25) is 0 Å². The molecule has 0 radical (unpaired) electrons. The minimum Gasteiger partial charge on any atom is -0.468 e. The summed E-state index contributed by atoms with van der Waals surface area (Å²) in [6.07, 6.45) is 6.46. The average Bonchev–Trinajstić information content (AvgIpc) is 2.85. The third kappa shape index (κ3) is 1.59. The van der Waals surface area contributed by atoms with Crippen LogP contribution in [-0.4, -0.2) is 15.5 Å². The molecular formula is C12H19S-. The standard InChI is InChI=1S/C12H19S/c1-4-6-10-7-9(3)11(5-2)12-8-13(10)12/h7,11H,4-6,8H2,1-3H3/q-1. The van der Waals surface area contributed by atoms with Gasteiger partial charge in [-0.15, -0.1) is 5.75 Å². The Labute approximate surface area is 83.6 Å². The highest BCUT2D eigenvalue weighted by atomic mass is 32.2. The summed E-state index contributed by atoms with van der Waals surface area (Å²) in [5.41, 5.74) is 1.63. The molecule has 1 heteroatoms. The molecule has 1 unspecified atom stereocenters. The zero-order valence-corrected chi connectivity index (χ0v) is 9.71. The fourth-order valence-corrected chi connectivity index (χ4v) is 4.92. The third-order valence-corrected chi connectivity index (χ3v) is 5.33. The number of allylic oxidation sites excluding steroid dienone is 2. The van der Waals surface area contributed by atoms with Gasteiger partial charge >= 0.3 is 0 Å². The summed E-state index contributed by atoms with van der Waals surface area (Å²) in [6, 6.07) is 0. The Morgan fingerprint density at radius 2 is 2.23 bits per heavy atom. The second-order valence-electron chi connectivity index (χ2n) is 4.07. The largest absolute Gasteiger partial charge is 0.468 e. The second-order valence-corrected chi connectivity index (χ2v) is 6.19. The minimum atomic E-state index is 0.645. The highest BCUT2D eigenvalue weighted by molar-refractivity contribution is 8.05. The maximum absolute atomic E-state index is 2.50. The van der Waals surface area contributed by atoms with Gasteiger partial charge in [0.15, 0.2) is 0 Å². The van der Waals surface area contributed by atoms with Crippen LogP contribution in [0.25, 0.3) is 0 Å². The van der Waals surface area contributed by atoms with E-state index < -0.39 is 0 Å². The molecular weight excluding hydrogens is 176 g/mol. The summed E-state index contributed by atoms with van der Waals surface area (Å²) in [6.45, 7) is 6.92. The molecule has 0 aromatic heterocycles. The van der Waals surface area contributed by atoms with Gasteiger partial charge in [0, 0.05) is 0 Å². The van der Waals surface area contributed by atoms with E-state index in [2.05, 4.69) is 26.8 Å². The first kappa shape index (κ1) is 9.39. The molecule has 2 aliphatic heterocycles. The predicted molar refractivity (Wildman–Crippen MR) is 64.7 cm³/mol. The van der Waals surface area contributed by atoms with E-state index >= 15 is 0 Å². The first-order chi connectivity index (χ1) is 6.27. The van der Waals surface area contributed by atoms with E-state index in [0.717, 1.165) is 5.92 Å². The summed E-state index contributed by atoms with van der Waals surface area (Å²) in [4.78, 5) is 3.62. The van der Waals surface area contributed by atoms with Gasteiger partial charge in [0.1, 0.15) is 0 Å². The molecule has 0 aromatic rings. The summed E-state index contributed by atoms with van der Waals surface area (Å²) >= 11 is 0. The Kier molecular flexibility index (Phi) is 2.55. The lowest BCUT2D eigenvalue weighted by atomic mass is 9.94. The fourth-order valence-electron chi connectivity index (χ4n) is 2.32. The van der Waals surface area contributed by atoms with E-state index in [-0.39, 0.29) is 0 Å². The molecule has 74 valence electrons.